The number of hydrogen-bond donors (Lipinski definition) is 1. The number of nitrogens with one attached hydrogen (secondary N) is 1. The zero-order valence-electron chi connectivity index (χ0n) is 12.4. The Labute approximate surface area is 112 Å². The summed E-state index contributed by atoms with van der Waals surface area (Å²) in [5, 5.41) is 4.24. The van der Waals surface area contributed by atoms with E-state index in [2.05, 4.69) is 24.4 Å². The molecule has 3 nitrogen and oxygen atoms in total. The minimum atomic E-state index is -0.0744. The van der Waals surface area contributed by atoms with Crippen LogP contribution in [0.1, 0.15) is 85.0 Å². The normalized spacial score (nSPS) is 10.2. The van der Waals surface area contributed by atoms with Crippen LogP contribution in [0.2, 0.25) is 0 Å². The Morgan fingerprint density at radius 2 is 1.39 bits per heavy atom. The molecule has 0 rings (SSSR count). The molecule has 0 aliphatic rings. The fraction of sp³-hybridized carbons (Fsp3) is 0.867. The minimum absolute atomic E-state index is 0.0744. The molecule has 0 saturated carbocycles. The van der Waals surface area contributed by atoms with Gasteiger partial charge in [0.05, 0.1) is 0 Å². The van der Waals surface area contributed by atoms with Gasteiger partial charge in [0, 0.05) is 12.6 Å². The lowest BCUT2D eigenvalue weighted by atomic mass is 10.0. The van der Waals surface area contributed by atoms with Crippen molar-refractivity contribution in [1.82, 2.24) is 5.43 Å². The number of amides is 1. The molecule has 0 unspecified atom stereocenters. The topological polar surface area (TPSA) is 41.5 Å². The summed E-state index contributed by atoms with van der Waals surface area (Å²) in [7, 11) is 0. The van der Waals surface area contributed by atoms with Gasteiger partial charge in [-0.25, -0.2) is 5.43 Å². The third-order valence-electron chi connectivity index (χ3n) is 3.01. The molecular formula is C15H30N2O. The van der Waals surface area contributed by atoms with Gasteiger partial charge in [0.1, 0.15) is 0 Å². The molecular weight excluding hydrogens is 224 g/mol. The second-order valence-electron chi connectivity index (χ2n) is 4.97. The predicted molar refractivity (Wildman–Crippen MR) is 78.8 cm³/mol. The molecule has 0 radical (unpaired) electrons. The predicted octanol–water partition coefficient (Wildman–Crippen LogP) is 4.42. The first-order chi connectivity index (χ1) is 8.70. The summed E-state index contributed by atoms with van der Waals surface area (Å²) >= 11 is 0. The van der Waals surface area contributed by atoms with Crippen LogP contribution < -0.4 is 5.43 Å². The maximum atomic E-state index is 10.9. The number of unbranched alkanes of at least 4 members (excludes halogenated alkanes) is 6. The molecule has 0 aromatic rings. The minimum Gasteiger partial charge on any atom is -0.274 e. The van der Waals surface area contributed by atoms with E-state index < -0.39 is 0 Å². The quantitative estimate of drug-likeness (QED) is 0.331. The van der Waals surface area contributed by atoms with Crippen LogP contribution in [0.5, 0.6) is 0 Å². The maximum absolute atomic E-state index is 10.9. The van der Waals surface area contributed by atoms with Crippen molar-refractivity contribution in [3.05, 3.63) is 0 Å². The van der Waals surface area contributed by atoms with Gasteiger partial charge in [-0.05, 0) is 25.7 Å². The van der Waals surface area contributed by atoms with E-state index in [1.807, 2.05) is 0 Å². The molecule has 0 fully saturated rings. The largest absolute Gasteiger partial charge is 0.274 e. The van der Waals surface area contributed by atoms with Crippen LogP contribution >= 0.6 is 0 Å². The first-order valence-corrected chi connectivity index (χ1v) is 7.52. The third kappa shape index (κ3) is 11.6. The van der Waals surface area contributed by atoms with Crippen molar-refractivity contribution in [3.8, 4) is 0 Å². The van der Waals surface area contributed by atoms with Gasteiger partial charge in [-0.1, -0.05) is 52.4 Å². The Morgan fingerprint density at radius 1 is 0.889 bits per heavy atom. The van der Waals surface area contributed by atoms with Gasteiger partial charge in [-0.15, -0.1) is 0 Å². The standard InChI is InChI=1S/C15H30N2O/c1-4-6-8-10-12-15(17-16-14(3)18)13-11-9-7-5-2/h4-13H2,1-3H3,(H,16,18). The summed E-state index contributed by atoms with van der Waals surface area (Å²) in [5.74, 6) is -0.0744. The van der Waals surface area contributed by atoms with Crippen LogP contribution in [0, 0.1) is 0 Å². The first-order valence-electron chi connectivity index (χ1n) is 7.52. The summed E-state index contributed by atoms with van der Waals surface area (Å²) in [6.45, 7) is 5.95. The number of hydrogen-bond acceptors (Lipinski definition) is 2. The molecule has 0 aromatic heterocycles. The van der Waals surface area contributed by atoms with Crippen molar-refractivity contribution in [1.29, 1.82) is 0 Å². The molecule has 0 saturated heterocycles. The van der Waals surface area contributed by atoms with Gasteiger partial charge in [0.2, 0.25) is 5.91 Å². The summed E-state index contributed by atoms with van der Waals surface area (Å²) in [4.78, 5) is 10.9. The lowest BCUT2D eigenvalue weighted by Crippen LogP contribution is -2.16. The van der Waals surface area contributed by atoms with Gasteiger partial charge < -0.3 is 0 Å². The average Bonchev–Trinajstić information content (AvgIpc) is 2.35. The summed E-state index contributed by atoms with van der Waals surface area (Å²) < 4.78 is 0. The van der Waals surface area contributed by atoms with Crippen LogP contribution in [0.15, 0.2) is 5.10 Å². The second kappa shape index (κ2) is 12.6. The summed E-state index contributed by atoms with van der Waals surface area (Å²) in [6.07, 6.45) is 12.1. The number of nitrogens with zero attached hydrogens (tertiary/aromatic N) is 1. The van der Waals surface area contributed by atoms with E-state index in [0.29, 0.717) is 0 Å². The molecule has 18 heavy (non-hydrogen) atoms. The van der Waals surface area contributed by atoms with Gasteiger partial charge >= 0.3 is 0 Å². The monoisotopic (exact) mass is 254 g/mol. The molecule has 0 aliphatic carbocycles. The van der Waals surface area contributed by atoms with Crippen LogP contribution in [-0.2, 0) is 4.79 Å². The fourth-order valence-corrected chi connectivity index (χ4v) is 1.91. The van der Waals surface area contributed by atoms with Crippen molar-refractivity contribution < 1.29 is 4.79 Å². The number of carbonyl (C=O) groups excluding carboxylic acids is 1. The van der Waals surface area contributed by atoms with Crippen LogP contribution in [0.4, 0.5) is 0 Å². The summed E-state index contributed by atoms with van der Waals surface area (Å²) in [5.41, 5.74) is 3.74. The third-order valence-corrected chi connectivity index (χ3v) is 3.01. The van der Waals surface area contributed by atoms with Gasteiger partial charge in [-0.2, -0.15) is 5.10 Å². The zero-order chi connectivity index (χ0) is 13.6. The van der Waals surface area contributed by atoms with E-state index >= 15 is 0 Å². The van der Waals surface area contributed by atoms with Crippen molar-refractivity contribution in [2.24, 2.45) is 5.10 Å². The molecule has 1 N–H and O–H groups in total. The van der Waals surface area contributed by atoms with Crippen LogP contribution in [0.3, 0.4) is 0 Å². The Balaban J connectivity index is 3.91. The van der Waals surface area contributed by atoms with Crippen LogP contribution in [0.25, 0.3) is 0 Å². The molecule has 0 heterocycles. The highest BCUT2D eigenvalue weighted by atomic mass is 16.2. The molecule has 0 atom stereocenters. The van der Waals surface area contributed by atoms with Gasteiger partial charge in [0.15, 0.2) is 0 Å². The molecule has 1 amide bonds. The highest BCUT2D eigenvalue weighted by Crippen LogP contribution is 2.09. The van der Waals surface area contributed by atoms with E-state index in [1.54, 1.807) is 0 Å². The Kier molecular flexibility index (Phi) is 12.0. The number of carbonyl (C=O) groups is 1. The van der Waals surface area contributed by atoms with Crippen molar-refractivity contribution in [2.75, 3.05) is 0 Å². The Morgan fingerprint density at radius 3 is 1.78 bits per heavy atom. The smallest absolute Gasteiger partial charge is 0.236 e. The van der Waals surface area contributed by atoms with E-state index in [1.165, 1.54) is 58.3 Å². The van der Waals surface area contributed by atoms with E-state index in [0.717, 1.165) is 18.6 Å². The summed E-state index contributed by atoms with van der Waals surface area (Å²) in [6, 6.07) is 0. The van der Waals surface area contributed by atoms with E-state index in [-0.39, 0.29) is 5.91 Å². The van der Waals surface area contributed by atoms with Gasteiger partial charge in [-0.3, -0.25) is 4.79 Å². The Hall–Kier alpha value is -0.860. The lowest BCUT2D eigenvalue weighted by Gasteiger charge is -2.06. The molecule has 0 aromatic carbocycles. The van der Waals surface area contributed by atoms with E-state index in [9.17, 15) is 4.79 Å². The van der Waals surface area contributed by atoms with Crippen molar-refractivity contribution >= 4 is 11.6 Å². The van der Waals surface area contributed by atoms with E-state index in [4.69, 9.17) is 0 Å². The SMILES string of the molecule is CCCCCCC(CCCCCC)=NNC(C)=O. The number of hydrazone groups is 1. The molecule has 106 valence electrons. The van der Waals surface area contributed by atoms with Crippen LogP contribution in [-0.4, -0.2) is 11.6 Å². The first kappa shape index (κ1) is 17.1. The zero-order valence-corrected chi connectivity index (χ0v) is 12.4. The average molecular weight is 254 g/mol. The molecule has 0 spiro atoms. The van der Waals surface area contributed by atoms with Gasteiger partial charge in [0.25, 0.3) is 0 Å². The van der Waals surface area contributed by atoms with Crippen molar-refractivity contribution in [2.45, 2.75) is 85.0 Å². The van der Waals surface area contributed by atoms with Crippen molar-refractivity contribution in [3.63, 3.8) is 0 Å². The maximum Gasteiger partial charge on any atom is 0.236 e. The highest BCUT2D eigenvalue weighted by Gasteiger charge is 2.01. The number of rotatable bonds is 11. The molecule has 3 heteroatoms. The molecule has 0 aliphatic heterocycles. The second-order valence-corrected chi connectivity index (χ2v) is 4.97. The highest BCUT2D eigenvalue weighted by molar-refractivity contribution is 5.85. The Bertz CT molecular complexity index is 223. The molecule has 0 bridgehead atoms. The lowest BCUT2D eigenvalue weighted by molar-refractivity contribution is -0.118. The fourth-order valence-electron chi connectivity index (χ4n) is 1.91.